The van der Waals surface area contributed by atoms with Gasteiger partial charge >= 0.3 is 28.2 Å². The second-order valence-corrected chi connectivity index (χ2v) is 8.16. The summed E-state index contributed by atoms with van der Waals surface area (Å²) in [4.78, 5) is 35.8. The lowest BCUT2D eigenvalue weighted by atomic mass is 10.1. The number of phenols is 2. The van der Waals surface area contributed by atoms with Crippen LogP contribution in [0.4, 0.5) is 0 Å². The number of rotatable bonds is 10. The third-order valence-corrected chi connectivity index (χ3v) is 4.76. The number of hydrogen-bond donors (Lipinski definition) is 3. The smallest absolute Gasteiger partial charge is 0.381 e. The Bertz CT molecular complexity index is 1140. The van der Waals surface area contributed by atoms with Gasteiger partial charge < -0.3 is 19.7 Å². The minimum atomic E-state index is -4.91. The fourth-order valence-corrected chi connectivity index (χ4v) is 3.07. The number of nitrogens with zero attached hydrogens (tertiary/aromatic N) is 1. The largest absolute Gasteiger partial charge is 0.508 e. The predicted octanol–water partition coefficient (Wildman–Crippen LogP) is 2.26. The first-order chi connectivity index (χ1) is 16.0. The lowest BCUT2D eigenvalue weighted by Crippen LogP contribution is -2.18. The van der Waals surface area contributed by atoms with E-state index in [0.29, 0.717) is 5.56 Å². The third kappa shape index (κ3) is 10.7. The Kier molecular flexibility index (Phi) is 9.71. The van der Waals surface area contributed by atoms with Crippen LogP contribution in [0.3, 0.4) is 0 Å². The van der Waals surface area contributed by atoms with Gasteiger partial charge in [-0.05, 0) is 48.2 Å². The van der Waals surface area contributed by atoms with Crippen molar-refractivity contribution in [2.45, 2.75) is 38.5 Å². The predicted molar refractivity (Wildman–Crippen MR) is 118 cm³/mol. The fourth-order valence-electron chi connectivity index (χ4n) is 2.68. The maximum absolute atomic E-state index is 12.0. The molecule has 2 aromatic rings. The van der Waals surface area contributed by atoms with Crippen molar-refractivity contribution < 1.29 is 47.0 Å². The number of aryl methyl sites for hydroxylation is 2. The zero-order valence-electron chi connectivity index (χ0n) is 17.9. The van der Waals surface area contributed by atoms with Crippen molar-refractivity contribution in [1.82, 2.24) is 0 Å². The van der Waals surface area contributed by atoms with Crippen LogP contribution >= 0.6 is 0 Å². The number of phenolic OH excluding ortho intramolecular Hbond substituents is 2. The van der Waals surface area contributed by atoms with Gasteiger partial charge in [-0.3, -0.25) is 18.9 Å². The van der Waals surface area contributed by atoms with Gasteiger partial charge in [-0.2, -0.15) is 8.42 Å². The van der Waals surface area contributed by atoms with Gasteiger partial charge in [0.15, 0.2) is 0 Å². The van der Waals surface area contributed by atoms with Crippen LogP contribution in [0, 0.1) is 0 Å². The molecule has 0 aliphatic carbocycles. The number of carbonyl (C=O) groups is 3. The zero-order valence-corrected chi connectivity index (χ0v) is 18.7. The van der Waals surface area contributed by atoms with Gasteiger partial charge in [0.25, 0.3) is 0 Å². The molecule has 0 aromatic heterocycles. The summed E-state index contributed by atoms with van der Waals surface area (Å²) in [6.07, 6.45) is -0.861. The third-order valence-electron chi connectivity index (χ3n) is 4.33. The Morgan fingerprint density at radius 2 is 1.09 bits per heavy atom. The quantitative estimate of drug-likeness (QED) is 0.146. The van der Waals surface area contributed by atoms with Crippen LogP contribution < -0.4 is 0 Å². The normalized spacial score (nSPS) is 11.6. The lowest BCUT2D eigenvalue weighted by Gasteiger charge is -2.08. The molecule has 182 valence electrons. The number of aromatic hydroxyl groups is 2. The summed E-state index contributed by atoms with van der Waals surface area (Å²) in [5, 5.41) is 18.5. The van der Waals surface area contributed by atoms with Gasteiger partial charge in [0.05, 0.1) is 19.3 Å². The Morgan fingerprint density at radius 1 is 0.676 bits per heavy atom. The minimum absolute atomic E-state index is 0.0552. The highest BCUT2D eigenvalue weighted by molar-refractivity contribution is 7.84. The molecular weight excluding hydrogens is 470 g/mol. The van der Waals surface area contributed by atoms with Crippen LogP contribution in [0.1, 0.15) is 36.8 Å². The summed E-state index contributed by atoms with van der Waals surface area (Å²) in [5.74, 6) is -3.29. The first-order valence-electron chi connectivity index (χ1n) is 10.1. The van der Waals surface area contributed by atoms with Crippen molar-refractivity contribution in [2.75, 3.05) is 0 Å². The Labute approximate surface area is 195 Å². The minimum Gasteiger partial charge on any atom is -0.508 e. The van der Waals surface area contributed by atoms with Crippen LogP contribution in [0.2, 0.25) is 0 Å². The van der Waals surface area contributed by atoms with E-state index in [1.54, 1.807) is 24.3 Å². The summed E-state index contributed by atoms with van der Waals surface area (Å²) in [6.45, 7) is 0. The second kappa shape index (κ2) is 12.5. The molecule has 0 aliphatic heterocycles. The van der Waals surface area contributed by atoms with Crippen molar-refractivity contribution in [3.8, 4) is 11.5 Å². The molecule has 0 saturated carbocycles. The zero-order chi connectivity index (χ0) is 25.1. The molecule has 2 aromatic carbocycles. The van der Waals surface area contributed by atoms with Gasteiger partial charge in [0.1, 0.15) is 11.5 Å². The molecule has 34 heavy (non-hydrogen) atoms. The van der Waals surface area contributed by atoms with Crippen molar-refractivity contribution in [2.24, 2.45) is 4.40 Å². The van der Waals surface area contributed by atoms with E-state index in [9.17, 15) is 33.0 Å². The molecule has 3 N–H and O–H groups in total. The topological polar surface area (TPSA) is 177 Å². The Morgan fingerprint density at radius 3 is 1.53 bits per heavy atom. The molecule has 0 fully saturated rings. The fraction of sp³-hybridized carbons (Fsp3) is 0.273. The number of carbonyl (C=O) groups excluding carboxylic acids is 3. The summed E-state index contributed by atoms with van der Waals surface area (Å²) >= 11 is 0. The second-order valence-electron chi connectivity index (χ2n) is 7.09. The molecule has 0 amide bonds. The van der Waals surface area contributed by atoms with E-state index in [4.69, 9.17) is 9.29 Å². The van der Waals surface area contributed by atoms with Crippen LogP contribution in [0.15, 0.2) is 52.9 Å². The molecule has 12 heteroatoms. The van der Waals surface area contributed by atoms with Crippen molar-refractivity contribution in [3.05, 3.63) is 59.7 Å². The molecule has 0 heterocycles. The van der Waals surface area contributed by atoms with Gasteiger partial charge in [0, 0.05) is 6.42 Å². The maximum Gasteiger partial charge on any atom is 0.381 e. The SMILES string of the molecule is O=C(CC/C(=N/S(=O)(=O)O)OC(=O)CCc1ccc(O)cc1)OC(=O)CCc1ccc(O)cc1. The van der Waals surface area contributed by atoms with Gasteiger partial charge in [-0.25, -0.2) is 0 Å². The molecule has 0 saturated heterocycles. The average molecular weight is 493 g/mol. The van der Waals surface area contributed by atoms with Crippen LogP contribution in [0.5, 0.6) is 11.5 Å². The molecule has 0 atom stereocenters. The summed E-state index contributed by atoms with van der Waals surface area (Å²) in [7, 11) is -4.91. The highest BCUT2D eigenvalue weighted by Gasteiger charge is 2.17. The van der Waals surface area contributed by atoms with Gasteiger partial charge in [-0.1, -0.05) is 24.3 Å². The van der Waals surface area contributed by atoms with Crippen LogP contribution in [0.25, 0.3) is 0 Å². The molecule has 2 rings (SSSR count). The van der Waals surface area contributed by atoms with Crippen molar-refractivity contribution >= 4 is 34.1 Å². The van der Waals surface area contributed by atoms with E-state index in [1.807, 2.05) is 0 Å². The van der Waals surface area contributed by atoms with Gasteiger partial charge in [0.2, 0.25) is 5.90 Å². The summed E-state index contributed by atoms with van der Waals surface area (Å²) in [5.41, 5.74) is 1.45. The van der Waals surface area contributed by atoms with E-state index in [-0.39, 0.29) is 37.2 Å². The Balaban J connectivity index is 1.83. The highest BCUT2D eigenvalue weighted by Crippen LogP contribution is 2.13. The molecule has 11 nitrogen and oxygen atoms in total. The molecule has 0 spiro atoms. The molecule has 0 unspecified atom stereocenters. The average Bonchev–Trinajstić information content (AvgIpc) is 2.76. The summed E-state index contributed by atoms with van der Waals surface area (Å²) in [6, 6.07) is 12.2. The van der Waals surface area contributed by atoms with E-state index >= 15 is 0 Å². The van der Waals surface area contributed by atoms with E-state index in [1.165, 1.54) is 24.3 Å². The van der Waals surface area contributed by atoms with Crippen LogP contribution in [-0.4, -0.2) is 47.0 Å². The number of esters is 3. The van der Waals surface area contributed by atoms with Gasteiger partial charge in [-0.15, -0.1) is 4.40 Å². The monoisotopic (exact) mass is 493 g/mol. The standard InChI is InChI=1S/C22H23NO10S/c24-17-7-1-15(2-8-17)5-12-20(26)32-19(23-34(29,30)31)11-14-22(28)33-21(27)13-6-16-3-9-18(25)10-4-16/h1-4,7-10,24-25H,5-6,11-14H2,(H,29,30,31)/b23-19-. The first kappa shape index (κ1) is 26.5. The van der Waals surface area contributed by atoms with E-state index in [0.717, 1.165) is 5.56 Å². The van der Waals surface area contributed by atoms with Crippen molar-refractivity contribution in [1.29, 1.82) is 0 Å². The highest BCUT2D eigenvalue weighted by atomic mass is 32.2. The molecule has 0 radical (unpaired) electrons. The molecular formula is C22H23NO10S. The first-order valence-corrected chi connectivity index (χ1v) is 11.5. The number of ether oxygens (including phenoxy) is 2. The summed E-state index contributed by atoms with van der Waals surface area (Å²) < 4.78 is 43.5. The van der Waals surface area contributed by atoms with E-state index in [2.05, 4.69) is 9.13 Å². The number of hydrogen-bond acceptors (Lipinski definition) is 9. The Hall–Kier alpha value is -3.77. The van der Waals surface area contributed by atoms with E-state index < -0.39 is 47.0 Å². The molecule has 0 bridgehead atoms. The van der Waals surface area contributed by atoms with Crippen LogP contribution in [-0.2, 0) is 47.0 Å². The molecule has 0 aliphatic rings. The van der Waals surface area contributed by atoms with Crippen molar-refractivity contribution in [3.63, 3.8) is 0 Å². The lowest BCUT2D eigenvalue weighted by molar-refractivity contribution is -0.159. The number of benzene rings is 2. The maximum atomic E-state index is 12.0.